The van der Waals surface area contributed by atoms with Crippen LogP contribution in [0.1, 0.15) is 22.3 Å². The average molecular weight is 226 g/mol. The summed E-state index contributed by atoms with van der Waals surface area (Å²) in [6.07, 6.45) is 11.4. The average Bonchev–Trinajstić information content (AvgIpc) is 2.40. The van der Waals surface area contributed by atoms with Gasteiger partial charge >= 0.3 is 0 Å². The van der Waals surface area contributed by atoms with Crippen LogP contribution in [0.3, 0.4) is 0 Å². The third-order valence-electron chi connectivity index (χ3n) is 2.58. The van der Waals surface area contributed by atoms with Crippen molar-refractivity contribution in [3.05, 3.63) is 65.5 Å². The highest BCUT2D eigenvalue weighted by Gasteiger charge is 1.98. The summed E-state index contributed by atoms with van der Waals surface area (Å²) in [5, 5.41) is 0. The fourth-order valence-electron chi connectivity index (χ4n) is 1.67. The molecule has 1 aromatic carbocycles. The molecule has 0 radical (unpaired) electrons. The maximum atomic E-state index is 10.8. The lowest BCUT2D eigenvalue weighted by Gasteiger charge is -2.07. The number of rotatable bonds is 4. The number of aldehydes is 1. The largest absolute Gasteiger partial charge is 0.497 e. The Morgan fingerprint density at radius 2 is 2.06 bits per heavy atom. The van der Waals surface area contributed by atoms with E-state index in [4.69, 9.17) is 4.74 Å². The summed E-state index contributed by atoms with van der Waals surface area (Å²) < 4.78 is 5.19. The Balaban J connectivity index is 2.02. The first-order valence-corrected chi connectivity index (χ1v) is 5.57. The number of carbonyl (C=O) groups excluding carboxylic acids is 1. The van der Waals surface area contributed by atoms with E-state index in [1.165, 1.54) is 5.57 Å². The molecule has 1 aromatic rings. The summed E-state index contributed by atoms with van der Waals surface area (Å²) in [6.45, 7) is 0.649. The third kappa shape index (κ3) is 3.18. The fourth-order valence-corrected chi connectivity index (χ4v) is 1.67. The molecule has 0 bridgehead atoms. The quantitative estimate of drug-likeness (QED) is 0.736. The molecule has 2 rings (SSSR count). The summed E-state index contributed by atoms with van der Waals surface area (Å²) in [5.41, 5.74) is 2.90. The smallest absolute Gasteiger partial charge is 0.150 e. The summed E-state index contributed by atoms with van der Waals surface area (Å²) in [5.74, 6) is 0. The van der Waals surface area contributed by atoms with Gasteiger partial charge in [0.2, 0.25) is 0 Å². The van der Waals surface area contributed by atoms with Crippen molar-refractivity contribution < 1.29 is 9.53 Å². The molecule has 2 heteroatoms. The predicted molar refractivity (Wildman–Crippen MR) is 68.7 cm³/mol. The zero-order valence-corrected chi connectivity index (χ0v) is 9.50. The number of carbonyl (C=O) groups is 1. The summed E-state index contributed by atoms with van der Waals surface area (Å²) in [6, 6.07) is 7.55. The van der Waals surface area contributed by atoms with E-state index in [1.807, 2.05) is 36.4 Å². The van der Waals surface area contributed by atoms with Crippen LogP contribution >= 0.6 is 0 Å². The van der Waals surface area contributed by atoms with Crippen molar-refractivity contribution in [2.75, 3.05) is 6.61 Å². The molecule has 0 atom stereocenters. The van der Waals surface area contributed by atoms with E-state index < -0.39 is 0 Å². The van der Waals surface area contributed by atoms with Crippen molar-refractivity contribution >= 4 is 12.4 Å². The van der Waals surface area contributed by atoms with Crippen molar-refractivity contribution in [1.29, 1.82) is 0 Å². The SMILES string of the molecule is O=Cc1ccccc1/C=C/CC1=CC=COC1. The highest BCUT2D eigenvalue weighted by atomic mass is 16.5. The van der Waals surface area contributed by atoms with Gasteiger partial charge in [-0.25, -0.2) is 0 Å². The zero-order valence-electron chi connectivity index (χ0n) is 9.50. The van der Waals surface area contributed by atoms with Crippen LogP contribution in [0.2, 0.25) is 0 Å². The van der Waals surface area contributed by atoms with Gasteiger partial charge in [-0.15, -0.1) is 0 Å². The minimum absolute atomic E-state index is 0.649. The number of allylic oxidation sites excluding steroid dienone is 3. The Labute approximate surface area is 101 Å². The molecule has 0 aromatic heterocycles. The second kappa shape index (κ2) is 5.85. The van der Waals surface area contributed by atoms with Crippen molar-refractivity contribution in [3.8, 4) is 0 Å². The lowest BCUT2D eigenvalue weighted by atomic mass is 10.1. The molecule has 86 valence electrons. The molecule has 0 aliphatic carbocycles. The van der Waals surface area contributed by atoms with Crippen LogP contribution in [0.5, 0.6) is 0 Å². The Hall–Kier alpha value is -2.09. The molecule has 0 amide bonds. The first-order chi connectivity index (χ1) is 8.40. The monoisotopic (exact) mass is 226 g/mol. The second-order valence-electron chi connectivity index (χ2n) is 3.82. The molecular weight excluding hydrogens is 212 g/mol. The Bertz CT molecular complexity index is 481. The van der Waals surface area contributed by atoms with Gasteiger partial charge in [0, 0.05) is 5.56 Å². The second-order valence-corrected chi connectivity index (χ2v) is 3.82. The van der Waals surface area contributed by atoms with Gasteiger partial charge in [0.25, 0.3) is 0 Å². The van der Waals surface area contributed by atoms with Crippen LogP contribution in [-0.4, -0.2) is 12.9 Å². The third-order valence-corrected chi connectivity index (χ3v) is 2.58. The van der Waals surface area contributed by atoms with Gasteiger partial charge < -0.3 is 4.74 Å². The van der Waals surface area contributed by atoms with E-state index in [9.17, 15) is 4.79 Å². The van der Waals surface area contributed by atoms with Gasteiger partial charge in [-0.05, 0) is 23.6 Å². The number of hydrogen-bond acceptors (Lipinski definition) is 2. The van der Waals surface area contributed by atoms with E-state index in [2.05, 4.69) is 12.2 Å². The standard InChI is InChI=1S/C15H14O2/c16-11-15-8-2-1-7-14(15)9-3-5-13-6-4-10-17-12-13/h1-4,6-11H,5,12H2/b9-3+. The predicted octanol–water partition coefficient (Wildman–Crippen LogP) is 3.37. The maximum Gasteiger partial charge on any atom is 0.150 e. The zero-order chi connectivity index (χ0) is 11.9. The summed E-state index contributed by atoms with van der Waals surface area (Å²) >= 11 is 0. The summed E-state index contributed by atoms with van der Waals surface area (Å²) in [7, 11) is 0. The van der Waals surface area contributed by atoms with Crippen molar-refractivity contribution in [1.82, 2.24) is 0 Å². The van der Waals surface area contributed by atoms with Gasteiger partial charge in [0.05, 0.1) is 6.26 Å². The number of benzene rings is 1. The van der Waals surface area contributed by atoms with Gasteiger partial charge in [-0.3, -0.25) is 4.79 Å². The Morgan fingerprint density at radius 3 is 2.76 bits per heavy atom. The van der Waals surface area contributed by atoms with Gasteiger partial charge in [0.15, 0.2) is 6.29 Å². The minimum Gasteiger partial charge on any atom is -0.497 e. The van der Waals surface area contributed by atoms with E-state index in [-0.39, 0.29) is 0 Å². The molecular formula is C15H14O2. The topological polar surface area (TPSA) is 26.3 Å². The minimum atomic E-state index is 0.649. The van der Waals surface area contributed by atoms with Crippen LogP contribution in [0.15, 0.2) is 54.3 Å². The summed E-state index contributed by atoms with van der Waals surface area (Å²) in [4.78, 5) is 10.8. The molecule has 17 heavy (non-hydrogen) atoms. The molecule has 0 N–H and O–H groups in total. The molecule has 0 fully saturated rings. The first-order valence-electron chi connectivity index (χ1n) is 5.57. The maximum absolute atomic E-state index is 10.8. The van der Waals surface area contributed by atoms with E-state index in [0.717, 1.165) is 23.8 Å². The van der Waals surface area contributed by atoms with Crippen molar-refractivity contribution in [3.63, 3.8) is 0 Å². The highest BCUT2D eigenvalue weighted by molar-refractivity contribution is 5.81. The van der Waals surface area contributed by atoms with Gasteiger partial charge in [0.1, 0.15) is 6.61 Å². The molecule has 1 aliphatic heterocycles. The fraction of sp³-hybridized carbons (Fsp3) is 0.133. The molecule has 0 saturated carbocycles. The highest BCUT2D eigenvalue weighted by Crippen LogP contribution is 2.12. The van der Waals surface area contributed by atoms with Gasteiger partial charge in [-0.1, -0.05) is 42.5 Å². The molecule has 0 spiro atoms. The van der Waals surface area contributed by atoms with Crippen LogP contribution in [0.4, 0.5) is 0 Å². The Kier molecular flexibility index (Phi) is 3.92. The normalized spacial score (nSPS) is 14.5. The van der Waals surface area contributed by atoms with Crippen LogP contribution in [0.25, 0.3) is 6.08 Å². The lowest BCUT2D eigenvalue weighted by molar-refractivity contribution is 0.112. The first kappa shape index (κ1) is 11.4. The Morgan fingerprint density at radius 1 is 1.24 bits per heavy atom. The molecule has 0 unspecified atom stereocenters. The van der Waals surface area contributed by atoms with Gasteiger partial charge in [-0.2, -0.15) is 0 Å². The lowest BCUT2D eigenvalue weighted by Crippen LogP contribution is -1.95. The number of hydrogen-bond donors (Lipinski definition) is 0. The molecule has 1 aliphatic rings. The van der Waals surface area contributed by atoms with E-state index in [1.54, 1.807) is 6.26 Å². The van der Waals surface area contributed by atoms with Crippen LogP contribution in [-0.2, 0) is 4.74 Å². The molecule has 1 heterocycles. The van der Waals surface area contributed by atoms with E-state index in [0.29, 0.717) is 6.61 Å². The van der Waals surface area contributed by atoms with Crippen molar-refractivity contribution in [2.24, 2.45) is 0 Å². The van der Waals surface area contributed by atoms with Crippen molar-refractivity contribution in [2.45, 2.75) is 6.42 Å². The number of ether oxygens (including phenoxy) is 1. The van der Waals surface area contributed by atoms with Crippen LogP contribution < -0.4 is 0 Å². The van der Waals surface area contributed by atoms with Crippen LogP contribution in [0, 0.1) is 0 Å². The molecule has 0 saturated heterocycles. The molecule has 2 nitrogen and oxygen atoms in total. The van der Waals surface area contributed by atoms with E-state index >= 15 is 0 Å².